The van der Waals surface area contributed by atoms with Crippen molar-refractivity contribution in [3.63, 3.8) is 0 Å². The van der Waals surface area contributed by atoms with Gasteiger partial charge in [-0.1, -0.05) is 17.7 Å². The van der Waals surface area contributed by atoms with Crippen LogP contribution >= 0.6 is 11.6 Å². The molecule has 26 heavy (non-hydrogen) atoms. The van der Waals surface area contributed by atoms with E-state index < -0.39 is 6.03 Å². The summed E-state index contributed by atoms with van der Waals surface area (Å²) in [5, 5.41) is 5.60. The topological polar surface area (TPSA) is 64.7 Å². The minimum atomic E-state index is -0.408. The third kappa shape index (κ3) is 5.16. The Morgan fingerprint density at radius 3 is 2.58 bits per heavy atom. The highest BCUT2D eigenvalue weighted by molar-refractivity contribution is 6.31. The number of carbonyl (C=O) groups excluding carboxylic acids is 2. The van der Waals surface area contributed by atoms with E-state index in [1.165, 1.54) is 12.1 Å². The maximum Gasteiger partial charge on any atom is 0.321 e. The molecule has 0 aromatic heterocycles. The smallest absolute Gasteiger partial charge is 0.321 e. The molecule has 1 aromatic rings. The van der Waals surface area contributed by atoms with E-state index >= 15 is 0 Å². The Kier molecular flexibility index (Phi) is 6.11. The Morgan fingerprint density at radius 2 is 1.96 bits per heavy atom. The van der Waals surface area contributed by atoms with Gasteiger partial charge in [0.2, 0.25) is 5.91 Å². The van der Waals surface area contributed by atoms with E-state index in [0.29, 0.717) is 11.6 Å². The first-order chi connectivity index (χ1) is 12.4. The molecule has 2 aliphatic rings. The molecule has 8 heteroatoms. The average Bonchev–Trinajstić information content (AvgIpc) is 3.41. The Bertz CT molecular complexity index is 675. The second-order valence-corrected chi connectivity index (χ2v) is 7.37. The van der Waals surface area contributed by atoms with Crippen LogP contribution in [-0.4, -0.2) is 60.0 Å². The van der Waals surface area contributed by atoms with E-state index in [0.717, 1.165) is 44.6 Å². The molecule has 142 valence electrons. The summed E-state index contributed by atoms with van der Waals surface area (Å²) in [5.41, 5.74) is 0.893. The Hall–Kier alpha value is -1.70. The van der Waals surface area contributed by atoms with Crippen molar-refractivity contribution >= 4 is 23.5 Å². The molecule has 1 aromatic carbocycles. The summed E-state index contributed by atoms with van der Waals surface area (Å²) in [6, 6.07) is 3.90. The van der Waals surface area contributed by atoms with Crippen molar-refractivity contribution in [3.8, 4) is 0 Å². The lowest BCUT2D eigenvalue weighted by Gasteiger charge is -2.37. The SMILES string of the molecule is CC(C(=O)NC(=O)NC1CC1)N1CCN(Cc2ccc(F)cc2Cl)CC1. The Balaban J connectivity index is 1.44. The van der Waals surface area contributed by atoms with Gasteiger partial charge in [0.25, 0.3) is 0 Å². The lowest BCUT2D eigenvalue weighted by atomic mass is 10.1. The zero-order chi connectivity index (χ0) is 18.7. The summed E-state index contributed by atoms with van der Waals surface area (Å²) < 4.78 is 13.1. The van der Waals surface area contributed by atoms with E-state index in [1.54, 1.807) is 6.07 Å². The normalized spacial score (nSPS) is 19.8. The number of imide groups is 1. The molecular weight excluding hydrogens is 359 g/mol. The molecule has 1 saturated carbocycles. The fourth-order valence-corrected chi connectivity index (χ4v) is 3.26. The summed E-state index contributed by atoms with van der Waals surface area (Å²) in [5.74, 6) is -0.618. The van der Waals surface area contributed by atoms with Gasteiger partial charge in [0.1, 0.15) is 5.82 Å². The summed E-state index contributed by atoms with van der Waals surface area (Å²) >= 11 is 6.09. The molecule has 2 fully saturated rings. The van der Waals surface area contributed by atoms with Crippen molar-refractivity contribution in [2.45, 2.75) is 38.4 Å². The molecule has 2 N–H and O–H groups in total. The third-order valence-corrected chi connectivity index (χ3v) is 5.24. The molecule has 1 atom stereocenters. The number of nitrogens with zero attached hydrogens (tertiary/aromatic N) is 2. The highest BCUT2D eigenvalue weighted by Gasteiger charge is 2.28. The van der Waals surface area contributed by atoms with Crippen LogP contribution in [0.3, 0.4) is 0 Å². The number of carbonyl (C=O) groups is 2. The fourth-order valence-electron chi connectivity index (χ4n) is 3.03. The number of hydrogen-bond donors (Lipinski definition) is 2. The van der Waals surface area contributed by atoms with Crippen molar-refractivity contribution in [3.05, 3.63) is 34.6 Å². The molecule has 0 spiro atoms. The predicted molar refractivity (Wildman–Crippen MR) is 97.4 cm³/mol. The molecule has 0 radical (unpaired) electrons. The van der Waals surface area contributed by atoms with Crippen molar-refractivity contribution in [1.82, 2.24) is 20.4 Å². The number of hydrogen-bond acceptors (Lipinski definition) is 4. The van der Waals surface area contributed by atoms with E-state index in [4.69, 9.17) is 11.6 Å². The van der Waals surface area contributed by atoms with Crippen LogP contribution in [0.1, 0.15) is 25.3 Å². The van der Waals surface area contributed by atoms with Crippen LogP contribution in [-0.2, 0) is 11.3 Å². The monoisotopic (exact) mass is 382 g/mol. The molecule has 1 aliphatic heterocycles. The molecule has 3 amide bonds. The predicted octanol–water partition coefficient (Wildman–Crippen LogP) is 1.97. The van der Waals surface area contributed by atoms with Gasteiger partial charge in [-0.05, 0) is 37.5 Å². The van der Waals surface area contributed by atoms with Gasteiger partial charge in [0.15, 0.2) is 0 Å². The van der Waals surface area contributed by atoms with Crippen LogP contribution in [0.15, 0.2) is 18.2 Å². The highest BCUT2D eigenvalue weighted by Crippen LogP contribution is 2.20. The standard InChI is InChI=1S/C18H24ClFN4O2/c1-12(17(25)22-18(26)21-15-4-5-15)24-8-6-23(7-9-24)11-13-2-3-14(20)10-16(13)19/h2-3,10,12,15H,4-9,11H2,1H3,(H2,21,22,25,26). The number of piperazine rings is 1. The summed E-state index contributed by atoms with van der Waals surface area (Å²) in [6.45, 7) is 5.46. The Labute approximate surface area is 157 Å². The van der Waals surface area contributed by atoms with E-state index in [-0.39, 0.29) is 23.8 Å². The molecule has 1 unspecified atom stereocenters. The molecule has 1 heterocycles. The molecule has 3 rings (SSSR count). The number of rotatable bonds is 5. The number of urea groups is 1. The lowest BCUT2D eigenvalue weighted by Crippen LogP contribution is -2.55. The van der Waals surface area contributed by atoms with Crippen LogP contribution in [0.5, 0.6) is 0 Å². The minimum Gasteiger partial charge on any atom is -0.335 e. The maximum absolute atomic E-state index is 13.1. The van der Waals surface area contributed by atoms with Gasteiger partial charge in [0, 0.05) is 43.8 Å². The molecular formula is C18H24ClFN4O2. The third-order valence-electron chi connectivity index (χ3n) is 4.89. The van der Waals surface area contributed by atoms with E-state index in [1.807, 2.05) is 6.92 Å². The summed E-state index contributed by atoms with van der Waals surface area (Å²) in [6.07, 6.45) is 1.97. The van der Waals surface area contributed by atoms with E-state index in [9.17, 15) is 14.0 Å². The first kappa shape index (κ1) is 19.1. The van der Waals surface area contributed by atoms with Gasteiger partial charge in [-0.25, -0.2) is 9.18 Å². The lowest BCUT2D eigenvalue weighted by molar-refractivity contribution is -0.125. The largest absolute Gasteiger partial charge is 0.335 e. The Morgan fingerprint density at radius 1 is 1.27 bits per heavy atom. The second kappa shape index (κ2) is 8.33. The van der Waals surface area contributed by atoms with Crippen LogP contribution < -0.4 is 10.6 Å². The van der Waals surface area contributed by atoms with Crippen LogP contribution in [0.25, 0.3) is 0 Å². The minimum absolute atomic E-state index is 0.222. The van der Waals surface area contributed by atoms with Gasteiger partial charge in [0.05, 0.1) is 6.04 Å². The van der Waals surface area contributed by atoms with Gasteiger partial charge in [-0.15, -0.1) is 0 Å². The number of amides is 3. The second-order valence-electron chi connectivity index (χ2n) is 6.96. The van der Waals surface area contributed by atoms with Crippen molar-refractivity contribution in [2.24, 2.45) is 0 Å². The average molecular weight is 383 g/mol. The van der Waals surface area contributed by atoms with Crippen LogP contribution in [0, 0.1) is 5.82 Å². The first-order valence-electron chi connectivity index (χ1n) is 8.94. The quantitative estimate of drug-likeness (QED) is 0.817. The van der Waals surface area contributed by atoms with Crippen molar-refractivity contribution < 1.29 is 14.0 Å². The van der Waals surface area contributed by atoms with Gasteiger partial charge in [-0.2, -0.15) is 0 Å². The fraction of sp³-hybridized carbons (Fsp3) is 0.556. The van der Waals surface area contributed by atoms with Gasteiger partial charge in [-0.3, -0.25) is 19.9 Å². The van der Waals surface area contributed by atoms with E-state index in [2.05, 4.69) is 20.4 Å². The number of halogens is 2. The zero-order valence-corrected chi connectivity index (χ0v) is 15.6. The molecule has 6 nitrogen and oxygen atoms in total. The highest BCUT2D eigenvalue weighted by atomic mass is 35.5. The number of benzene rings is 1. The van der Waals surface area contributed by atoms with Crippen LogP contribution in [0.2, 0.25) is 5.02 Å². The number of nitrogens with one attached hydrogen (secondary N) is 2. The van der Waals surface area contributed by atoms with Gasteiger partial charge < -0.3 is 5.32 Å². The first-order valence-corrected chi connectivity index (χ1v) is 9.32. The van der Waals surface area contributed by atoms with Gasteiger partial charge >= 0.3 is 6.03 Å². The molecule has 1 aliphatic carbocycles. The van der Waals surface area contributed by atoms with Crippen LogP contribution in [0.4, 0.5) is 9.18 Å². The molecule has 1 saturated heterocycles. The molecule has 0 bridgehead atoms. The van der Waals surface area contributed by atoms with Crippen molar-refractivity contribution in [2.75, 3.05) is 26.2 Å². The van der Waals surface area contributed by atoms with Crippen molar-refractivity contribution in [1.29, 1.82) is 0 Å². The maximum atomic E-state index is 13.1. The summed E-state index contributed by atoms with van der Waals surface area (Å²) in [4.78, 5) is 28.2. The zero-order valence-electron chi connectivity index (χ0n) is 14.8. The summed E-state index contributed by atoms with van der Waals surface area (Å²) in [7, 11) is 0.